The summed E-state index contributed by atoms with van der Waals surface area (Å²) >= 11 is 0. The summed E-state index contributed by atoms with van der Waals surface area (Å²) in [6.07, 6.45) is 3.06. The minimum Gasteiger partial charge on any atom is -0.395 e. The summed E-state index contributed by atoms with van der Waals surface area (Å²) < 4.78 is 13.3. The Hall–Kier alpha value is -1.95. The van der Waals surface area contributed by atoms with Crippen molar-refractivity contribution in [3.05, 3.63) is 29.6 Å². The minimum absolute atomic E-state index is 0.0305. The maximum Gasteiger partial charge on any atom is 0.227 e. The second-order valence-electron chi connectivity index (χ2n) is 6.11. The van der Waals surface area contributed by atoms with Gasteiger partial charge in [-0.2, -0.15) is 0 Å². The molecule has 0 spiro atoms. The number of benzene rings is 1. The fourth-order valence-corrected chi connectivity index (χ4v) is 3.13. The first-order chi connectivity index (χ1) is 11.1. The summed E-state index contributed by atoms with van der Waals surface area (Å²) in [5.41, 5.74) is 1.52. The molecule has 0 bridgehead atoms. The van der Waals surface area contributed by atoms with Crippen LogP contribution in [0.5, 0.6) is 0 Å². The number of halogens is 1. The number of aliphatic hydroxyl groups excluding tert-OH is 1. The molecule has 0 atom stereocenters. The van der Waals surface area contributed by atoms with E-state index in [9.17, 15) is 14.0 Å². The van der Waals surface area contributed by atoms with Gasteiger partial charge < -0.3 is 14.9 Å². The third kappa shape index (κ3) is 3.52. The van der Waals surface area contributed by atoms with Crippen LogP contribution < -0.4 is 4.90 Å². The topological polar surface area (TPSA) is 60.9 Å². The zero-order valence-corrected chi connectivity index (χ0v) is 13.0. The molecule has 5 nitrogen and oxygen atoms in total. The van der Waals surface area contributed by atoms with Crippen molar-refractivity contribution < 1.29 is 19.1 Å². The number of nitrogens with zero attached hydrogens (tertiary/aromatic N) is 2. The van der Waals surface area contributed by atoms with Crippen molar-refractivity contribution in [1.82, 2.24) is 4.90 Å². The molecule has 0 aromatic heterocycles. The van der Waals surface area contributed by atoms with Crippen molar-refractivity contribution in [3.8, 4) is 0 Å². The van der Waals surface area contributed by atoms with E-state index >= 15 is 0 Å². The highest BCUT2D eigenvalue weighted by Gasteiger charge is 2.32. The normalized spacial score (nSPS) is 17.1. The summed E-state index contributed by atoms with van der Waals surface area (Å²) in [5.74, 6) is -0.377. The third-order valence-corrected chi connectivity index (χ3v) is 4.44. The quantitative estimate of drug-likeness (QED) is 0.863. The molecule has 3 rings (SSSR count). The van der Waals surface area contributed by atoms with Gasteiger partial charge in [-0.3, -0.25) is 9.59 Å². The average molecular weight is 320 g/mol. The molecule has 1 saturated carbocycles. The highest BCUT2D eigenvalue weighted by atomic mass is 19.1. The second-order valence-corrected chi connectivity index (χ2v) is 6.11. The molecule has 0 radical (unpaired) electrons. The molecule has 1 fully saturated rings. The summed E-state index contributed by atoms with van der Waals surface area (Å²) in [5, 5.41) is 9.08. The second kappa shape index (κ2) is 6.66. The number of hydrogen-bond acceptors (Lipinski definition) is 3. The lowest BCUT2D eigenvalue weighted by atomic mass is 10.0. The first-order valence-electron chi connectivity index (χ1n) is 8.09. The van der Waals surface area contributed by atoms with Gasteiger partial charge in [0.25, 0.3) is 0 Å². The van der Waals surface area contributed by atoms with E-state index in [0.717, 1.165) is 18.4 Å². The van der Waals surface area contributed by atoms with Gasteiger partial charge in [-0.25, -0.2) is 4.39 Å². The summed E-state index contributed by atoms with van der Waals surface area (Å²) in [6.45, 7) is 0.594. The number of hydrogen-bond donors (Lipinski definition) is 1. The molecule has 124 valence electrons. The van der Waals surface area contributed by atoms with Crippen LogP contribution in [0, 0.1) is 5.82 Å². The van der Waals surface area contributed by atoms with Crippen molar-refractivity contribution in [2.45, 2.75) is 38.1 Å². The van der Waals surface area contributed by atoms with Gasteiger partial charge >= 0.3 is 0 Å². The summed E-state index contributed by atoms with van der Waals surface area (Å²) in [7, 11) is 0. The van der Waals surface area contributed by atoms with Crippen LogP contribution in [0.1, 0.15) is 31.2 Å². The van der Waals surface area contributed by atoms with Gasteiger partial charge in [0.2, 0.25) is 11.8 Å². The molecule has 2 amide bonds. The predicted octanol–water partition coefficient (Wildman–Crippen LogP) is 1.48. The van der Waals surface area contributed by atoms with Crippen LogP contribution in [0.15, 0.2) is 18.2 Å². The van der Waals surface area contributed by atoms with Crippen molar-refractivity contribution in [2.24, 2.45) is 0 Å². The molecule has 1 N–H and O–H groups in total. The van der Waals surface area contributed by atoms with E-state index in [-0.39, 0.29) is 36.7 Å². The first kappa shape index (κ1) is 15.9. The monoisotopic (exact) mass is 320 g/mol. The lowest BCUT2D eigenvalue weighted by molar-refractivity contribution is -0.132. The molecule has 6 heteroatoms. The van der Waals surface area contributed by atoms with Crippen LogP contribution in [0.4, 0.5) is 10.1 Å². The number of aryl methyl sites for hydroxylation is 1. The number of aliphatic hydroxyl groups is 1. The van der Waals surface area contributed by atoms with E-state index < -0.39 is 0 Å². The Bertz CT molecular complexity index is 616. The fourth-order valence-electron chi connectivity index (χ4n) is 3.13. The molecular formula is C17H21FN2O3. The average Bonchev–Trinajstić information content (AvgIpc) is 3.36. The van der Waals surface area contributed by atoms with Crippen LogP contribution in [-0.4, -0.2) is 47.6 Å². The van der Waals surface area contributed by atoms with E-state index in [1.807, 2.05) is 0 Å². The molecule has 1 aromatic carbocycles. The minimum atomic E-state index is -0.308. The Balaban J connectivity index is 1.67. The molecule has 2 aliphatic rings. The van der Waals surface area contributed by atoms with Crippen molar-refractivity contribution in [3.63, 3.8) is 0 Å². The molecule has 0 saturated heterocycles. The van der Waals surface area contributed by atoms with Crippen molar-refractivity contribution >= 4 is 17.5 Å². The SMILES string of the molecule is O=C1CCc2cc(F)ccc2N1CCC(=O)N(CCO)C1CC1. The maximum atomic E-state index is 13.3. The summed E-state index contributed by atoms with van der Waals surface area (Å²) in [4.78, 5) is 27.8. The fraction of sp³-hybridized carbons (Fsp3) is 0.529. The van der Waals surface area contributed by atoms with Crippen LogP contribution >= 0.6 is 0 Å². The van der Waals surface area contributed by atoms with Gasteiger partial charge in [0.15, 0.2) is 0 Å². The molecular weight excluding hydrogens is 299 g/mol. The van der Waals surface area contributed by atoms with Crippen molar-refractivity contribution in [1.29, 1.82) is 0 Å². The van der Waals surface area contributed by atoms with E-state index in [1.54, 1.807) is 15.9 Å². The van der Waals surface area contributed by atoms with Crippen LogP contribution in [0.25, 0.3) is 0 Å². The number of anilines is 1. The highest BCUT2D eigenvalue weighted by molar-refractivity contribution is 5.97. The van der Waals surface area contributed by atoms with Gasteiger partial charge in [0.1, 0.15) is 5.82 Å². The van der Waals surface area contributed by atoms with Crippen molar-refractivity contribution in [2.75, 3.05) is 24.6 Å². The van der Waals surface area contributed by atoms with E-state index in [2.05, 4.69) is 0 Å². The van der Waals surface area contributed by atoms with Gasteiger partial charge in [0, 0.05) is 37.7 Å². The van der Waals surface area contributed by atoms with E-state index in [1.165, 1.54) is 12.1 Å². The molecule has 1 aromatic rings. The van der Waals surface area contributed by atoms with Gasteiger partial charge in [-0.1, -0.05) is 0 Å². The highest BCUT2D eigenvalue weighted by Crippen LogP contribution is 2.30. The zero-order chi connectivity index (χ0) is 16.4. The maximum absolute atomic E-state index is 13.3. The lowest BCUT2D eigenvalue weighted by Gasteiger charge is -2.30. The van der Waals surface area contributed by atoms with Gasteiger partial charge in [0.05, 0.1) is 6.61 Å². The lowest BCUT2D eigenvalue weighted by Crippen LogP contribution is -2.41. The predicted molar refractivity (Wildman–Crippen MR) is 83.5 cm³/mol. The largest absolute Gasteiger partial charge is 0.395 e. The molecule has 1 heterocycles. The number of carbonyl (C=O) groups excluding carboxylic acids is 2. The molecule has 1 aliphatic carbocycles. The standard InChI is InChI=1S/C17H21FN2O3/c18-13-2-5-15-12(11-13)1-6-16(22)20(15)8-7-17(23)19(9-10-21)14-3-4-14/h2,5,11,14,21H,1,3-4,6-10H2. The third-order valence-electron chi connectivity index (χ3n) is 4.44. The van der Waals surface area contributed by atoms with E-state index in [0.29, 0.717) is 31.6 Å². The van der Waals surface area contributed by atoms with E-state index in [4.69, 9.17) is 5.11 Å². The number of rotatable bonds is 6. The number of carbonyl (C=O) groups is 2. The molecule has 0 unspecified atom stereocenters. The zero-order valence-electron chi connectivity index (χ0n) is 13.0. The van der Waals surface area contributed by atoms with Crippen LogP contribution in [0.2, 0.25) is 0 Å². The Kier molecular flexibility index (Phi) is 4.61. The Morgan fingerprint density at radius 1 is 1.35 bits per heavy atom. The van der Waals surface area contributed by atoms with Crippen LogP contribution in [-0.2, 0) is 16.0 Å². The molecule has 1 aliphatic heterocycles. The van der Waals surface area contributed by atoms with Gasteiger partial charge in [-0.15, -0.1) is 0 Å². The Morgan fingerprint density at radius 3 is 2.83 bits per heavy atom. The number of amides is 2. The Labute approximate surface area is 134 Å². The number of fused-ring (bicyclic) bond motifs is 1. The summed E-state index contributed by atoms with van der Waals surface area (Å²) in [6, 6.07) is 4.65. The molecule has 23 heavy (non-hydrogen) atoms. The van der Waals surface area contributed by atoms with Gasteiger partial charge in [-0.05, 0) is 43.0 Å². The smallest absolute Gasteiger partial charge is 0.227 e. The van der Waals surface area contributed by atoms with Crippen LogP contribution in [0.3, 0.4) is 0 Å². The first-order valence-corrected chi connectivity index (χ1v) is 8.09. The Morgan fingerprint density at radius 2 is 2.13 bits per heavy atom.